The molecular formula is C45H60ClN2O14S3+. The molecule has 0 aromatic heterocycles. The van der Waals surface area contributed by atoms with Gasteiger partial charge >= 0.3 is 5.97 Å². The van der Waals surface area contributed by atoms with Crippen molar-refractivity contribution in [3.63, 3.8) is 0 Å². The molecule has 4 N–H and O–H groups in total. The molecule has 0 saturated heterocycles. The number of nitrogens with zero attached hydrogens (tertiary/aromatic N) is 2. The molecule has 2 aliphatic heterocycles. The number of aliphatic carboxylic acids is 1. The first-order chi connectivity index (χ1) is 30.5. The Hall–Kier alpha value is -3.76. The first-order valence-corrected chi connectivity index (χ1v) is 26.3. The second-order valence-corrected chi connectivity index (χ2v) is 21.7. The minimum Gasteiger partial charge on any atom is -0.481 e. The lowest BCUT2D eigenvalue weighted by Crippen LogP contribution is -2.32. The van der Waals surface area contributed by atoms with Gasteiger partial charge in [0.05, 0.1) is 34.2 Å². The van der Waals surface area contributed by atoms with Crippen LogP contribution in [0.3, 0.4) is 0 Å². The minimum absolute atomic E-state index is 0.0368. The molecule has 2 atom stereocenters. The van der Waals surface area contributed by atoms with Crippen molar-refractivity contribution in [2.45, 2.75) is 98.7 Å². The van der Waals surface area contributed by atoms with Gasteiger partial charge in [-0.25, -0.2) is 0 Å². The molecule has 0 fully saturated rings. The molecule has 358 valence electrons. The Morgan fingerprint density at radius 2 is 1.48 bits per heavy atom. The Labute approximate surface area is 387 Å². The first-order valence-electron chi connectivity index (χ1n) is 21.4. The molecule has 2 unspecified atom stereocenters. The van der Waals surface area contributed by atoms with E-state index < -0.39 is 52.9 Å². The number of ether oxygens (including phenoxy) is 3. The molecule has 0 saturated carbocycles. The van der Waals surface area contributed by atoms with Gasteiger partial charge in [0.15, 0.2) is 12.3 Å². The number of carboxylic acid groups (broad SMARTS) is 1. The molecule has 0 bridgehead atoms. The number of rotatable bonds is 24. The van der Waals surface area contributed by atoms with Crippen LogP contribution in [0.5, 0.6) is 0 Å². The predicted octanol–water partition coefficient (Wildman–Crippen LogP) is 7.37. The Morgan fingerprint density at radius 3 is 2.12 bits per heavy atom. The van der Waals surface area contributed by atoms with Gasteiger partial charge < -0.3 is 24.2 Å². The number of fused-ring (bicyclic) bond motifs is 2. The summed E-state index contributed by atoms with van der Waals surface area (Å²) in [5, 5.41) is 9.70. The van der Waals surface area contributed by atoms with Crippen LogP contribution in [0.25, 0.3) is 0 Å². The maximum absolute atomic E-state index is 12.3. The third-order valence-electron chi connectivity index (χ3n) is 12.4. The van der Waals surface area contributed by atoms with Crippen molar-refractivity contribution in [3.05, 3.63) is 93.7 Å². The van der Waals surface area contributed by atoms with Crippen molar-refractivity contribution < 1.29 is 67.6 Å². The summed E-state index contributed by atoms with van der Waals surface area (Å²) in [6.45, 7) is 6.00. The van der Waals surface area contributed by atoms with Gasteiger partial charge in [0.2, 0.25) is 5.69 Å². The lowest BCUT2D eigenvalue weighted by molar-refractivity contribution is -0.442. The number of unbranched alkanes of at least 4 members (excludes halogenated alkanes) is 2. The summed E-state index contributed by atoms with van der Waals surface area (Å²) in [6.07, 6.45) is 12.3. The van der Waals surface area contributed by atoms with E-state index in [1.54, 1.807) is 26.4 Å². The Morgan fingerprint density at radius 1 is 0.800 bits per heavy atom. The second-order valence-electron chi connectivity index (χ2n) is 16.9. The van der Waals surface area contributed by atoms with Crippen molar-refractivity contribution in [1.82, 2.24) is 0 Å². The zero-order chi connectivity index (χ0) is 47.8. The van der Waals surface area contributed by atoms with Crippen molar-refractivity contribution in [2.75, 3.05) is 64.4 Å². The molecule has 0 spiro atoms. The largest absolute Gasteiger partial charge is 0.481 e. The molecule has 65 heavy (non-hydrogen) atoms. The molecule has 2 heterocycles. The van der Waals surface area contributed by atoms with Crippen molar-refractivity contribution in [1.29, 1.82) is 0 Å². The van der Waals surface area contributed by atoms with E-state index in [0.717, 1.165) is 29.0 Å². The monoisotopic (exact) mass is 983 g/mol. The quantitative estimate of drug-likeness (QED) is 0.0457. The van der Waals surface area contributed by atoms with Crippen LogP contribution in [0, 0.1) is 0 Å². The number of hydrogen-bond acceptors (Lipinski definition) is 11. The number of carbonyl (C=O) groups is 1. The average molecular weight is 985 g/mol. The van der Waals surface area contributed by atoms with Gasteiger partial charge in [-0.2, -0.15) is 29.8 Å². The molecular weight excluding hydrogens is 924 g/mol. The summed E-state index contributed by atoms with van der Waals surface area (Å²) >= 11 is 7.26. The minimum atomic E-state index is -4.60. The number of carboxylic acids is 1. The van der Waals surface area contributed by atoms with Crippen LogP contribution in [0.1, 0.15) is 89.2 Å². The fraction of sp³-hybridized carbons (Fsp3) is 0.511. The Kier molecular flexibility index (Phi) is 17.6. The van der Waals surface area contributed by atoms with Gasteiger partial charge in [-0.15, -0.1) is 0 Å². The van der Waals surface area contributed by atoms with Crippen molar-refractivity contribution in [3.8, 4) is 0 Å². The second kappa shape index (κ2) is 21.9. The van der Waals surface area contributed by atoms with Crippen LogP contribution in [-0.4, -0.2) is 120 Å². The number of allylic oxidation sites excluding steroid dienone is 8. The van der Waals surface area contributed by atoms with E-state index in [0.29, 0.717) is 99.0 Å². The van der Waals surface area contributed by atoms with Crippen LogP contribution in [-0.2, 0) is 60.2 Å². The third-order valence-corrected chi connectivity index (χ3v) is 15.4. The summed E-state index contributed by atoms with van der Waals surface area (Å²) in [6, 6.07) is 8.84. The standard InChI is InChI=1S/C45H59ClN2O14S3/c1-44(21-9-29-63(51,52)53)36-30-34(64(54,55)56)16-18-39(36)48(24-26-62-28-27-61-4)40(44)19-13-32-10-8-11-33(43(32)46)14-20-41-45(2,22-25-60-3)37-31-35(65(57,58)59)15-17-38(37)47(41)23-7-5-6-12-42(49)50/h13-20,30-31H,5-12,21-29H2,1-4H3,(H3-,49,50,51,52,53,54,55,56,57,58,59)/p+1. The number of methoxy groups -OCH3 is 2. The molecule has 16 nitrogen and oxygen atoms in total. The van der Waals surface area contributed by atoms with Gasteiger partial charge in [0.25, 0.3) is 30.4 Å². The number of halogens is 1. The Balaban J connectivity index is 1.60. The van der Waals surface area contributed by atoms with Crippen LogP contribution in [0.4, 0.5) is 11.4 Å². The number of anilines is 1. The maximum atomic E-state index is 12.3. The lowest BCUT2D eigenvalue weighted by Gasteiger charge is -2.30. The highest BCUT2D eigenvalue weighted by Crippen LogP contribution is 2.51. The van der Waals surface area contributed by atoms with Crippen LogP contribution < -0.4 is 4.90 Å². The summed E-state index contributed by atoms with van der Waals surface area (Å²) in [5.41, 5.74) is 4.08. The molecule has 0 radical (unpaired) electrons. The van der Waals surface area contributed by atoms with Gasteiger partial charge in [-0.1, -0.05) is 30.2 Å². The summed E-state index contributed by atoms with van der Waals surface area (Å²) in [4.78, 5) is 12.8. The zero-order valence-electron chi connectivity index (χ0n) is 37.2. The van der Waals surface area contributed by atoms with E-state index in [1.165, 1.54) is 24.3 Å². The van der Waals surface area contributed by atoms with Crippen molar-refractivity contribution in [2.24, 2.45) is 0 Å². The van der Waals surface area contributed by atoms with E-state index in [1.807, 2.05) is 42.7 Å². The van der Waals surface area contributed by atoms with Crippen molar-refractivity contribution >= 4 is 65.0 Å². The summed E-state index contributed by atoms with van der Waals surface area (Å²) in [7, 11) is -10.3. The van der Waals surface area contributed by atoms with E-state index in [-0.39, 0.29) is 35.7 Å². The Bertz CT molecular complexity index is 2600. The molecule has 5 rings (SSSR count). The summed E-state index contributed by atoms with van der Waals surface area (Å²) < 4.78 is 121. The summed E-state index contributed by atoms with van der Waals surface area (Å²) in [5.74, 6) is -1.39. The highest BCUT2D eigenvalue weighted by Gasteiger charge is 2.48. The van der Waals surface area contributed by atoms with E-state index in [2.05, 4.69) is 4.90 Å². The maximum Gasteiger partial charge on any atom is 0.303 e. The van der Waals surface area contributed by atoms with E-state index in [9.17, 15) is 48.8 Å². The van der Waals surface area contributed by atoms with Crippen LogP contribution in [0.15, 0.2) is 92.4 Å². The molecule has 0 amide bonds. The SMILES string of the molecule is COCCOCC[N+]1=C(C=CC2=C(Cl)C(=CC=C3N(CCCCCC(=O)O)c4ccc(S(=O)(=O)O)cc4C3(C)CCOC)CCC2)C(C)(CCCS(=O)(=O)O)c2cc(S(=O)(=O)O)ccc21. The zero-order valence-corrected chi connectivity index (χ0v) is 40.4. The lowest BCUT2D eigenvalue weighted by atomic mass is 9.75. The predicted molar refractivity (Wildman–Crippen MR) is 247 cm³/mol. The highest BCUT2D eigenvalue weighted by molar-refractivity contribution is 7.86. The first kappa shape index (κ1) is 52.2. The normalized spacial score (nSPS) is 21.6. The molecule has 2 aromatic carbocycles. The smallest absolute Gasteiger partial charge is 0.303 e. The fourth-order valence-corrected chi connectivity index (χ4v) is 10.8. The molecule has 20 heteroatoms. The van der Waals surface area contributed by atoms with Gasteiger partial charge in [0, 0.05) is 73.3 Å². The van der Waals surface area contributed by atoms with E-state index >= 15 is 0 Å². The van der Waals surface area contributed by atoms with Gasteiger partial charge in [-0.3, -0.25) is 18.5 Å². The van der Waals surface area contributed by atoms with Gasteiger partial charge in [-0.05, 0) is 118 Å². The van der Waals surface area contributed by atoms with E-state index in [4.69, 9.17) is 25.8 Å². The molecule has 3 aliphatic rings. The molecule has 1 aliphatic carbocycles. The highest BCUT2D eigenvalue weighted by atomic mass is 35.5. The van der Waals surface area contributed by atoms with Gasteiger partial charge in [0.1, 0.15) is 6.61 Å². The topological polar surface area (TPSA) is 234 Å². The number of benzene rings is 2. The number of hydrogen-bond donors (Lipinski definition) is 4. The van der Waals surface area contributed by atoms with Crippen LogP contribution in [0.2, 0.25) is 0 Å². The van der Waals surface area contributed by atoms with Crippen LogP contribution >= 0.6 is 11.6 Å². The average Bonchev–Trinajstić information content (AvgIpc) is 3.60. The fourth-order valence-electron chi connectivity index (χ4n) is 9.00. The third kappa shape index (κ3) is 12.8. The molecule has 2 aromatic rings.